The molecule has 0 N–H and O–H groups in total. The number of benzene rings is 2. The van der Waals surface area contributed by atoms with E-state index in [1.54, 1.807) is 0 Å². The molecule has 3 heteroatoms. The molecule has 2 rings (SSSR count). The molecule has 2 aromatic rings. The van der Waals surface area contributed by atoms with E-state index < -0.39 is 0 Å². The lowest BCUT2D eigenvalue weighted by Crippen LogP contribution is -2.02. The molecule has 0 aliphatic rings. The Morgan fingerprint density at radius 2 is 1.41 bits per heavy atom. The molecule has 0 aromatic heterocycles. The van der Waals surface area contributed by atoms with E-state index in [0.29, 0.717) is 0 Å². The van der Waals surface area contributed by atoms with Crippen LogP contribution in [-0.4, -0.2) is 19.1 Å². The maximum atomic E-state index is 6.19. The fraction of sp³-hybridized carbons (Fsp3) is 0.583. The van der Waals surface area contributed by atoms with Crippen LogP contribution < -0.4 is 9.47 Å². The van der Waals surface area contributed by atoms with Crippen LogP contribution in [0, 0.1) is 6.92 Å². The van der Waals surface area contributed by atoms with Gasteiger partial charge in [0.05, 0.1) is 13.2 Å². The van der Waals surface area contributed by atoms with Crippen molar-refractivity contribution >= 4 is 22.4 Å². The van der Waals surface area contributed by atoms with Gasteiger partial charge in [-0.2, -0.15) is 0 Å². The maximum Gasteiger partial charge on any atom is 0.130 e. The number of rotatable bonds is 14. The largest absolute Gasteiger partial charge is 0.493 e. The van der Waals surface area contributed by atoms with E-state index >= 15 is 0 Å². The average molecular weight is 391 g/mol. The van der Waals surface area contributed by atoms with Gasteiger partial charge in [-0.1, -0.05) is 69.7 Å². The summed E-state index contributed by atoms with van der Waals surface area (Å²) >= 11 is 5.73. The highest BCUT2D eigenvalue weighted by molar-refractivity contribution is 6.17. The Balaban J connectivity index is 1.98. The Morgan fingerprint density at radius 1 is 0.778 bits per heavy atom. The van der Waals surface area contributed by atoms with Gasteiger partial charge in [0, 0.05) is 16.7 Å². The summed E-state index contributed by atoms with van der Waals surface area (Å²) in [7, 11) is 0. The van der Waals surface area contributed by atoms with Gasteiger partial charge < -0.3 is 9.47 Å². The Hall–Kier alpha value is -1.41. The molecular weight excluding hydrogens is 356 g/mol. The third kappa shape index (κ3) is 7.25. The normalized spacial score (nSPS) is 11.1. The summed E-state index contributed by atoms with van der Waals surface area (Å²) < 4.78 is 12.3. The summed E-state index contributed by atoms with van der Waals surface area (Å²) in [5.41, 5.74) is 1.15. The molecule has 0 aliphatic carbocycles. The van der Waals surface area contributed by atoms with Crippen molar-refractivity contribution in [3.05, 3.63) is 35.9 Å². The van der Waals surface area contributed by atoms with Crippen molar-refractivity contribution in [3.63, 3.8) is 0 Å². The quantitative estimate of drug-likeness (QED) is 0.243. The second-order valence-corrected chi connectivity index (χ2v) is 7.66. The third-order valence-electron chi connectivity index (χ3n) is 4.92. The van der Waals surface area contributed by atoms with E-state index in [-0.39, 0.29) is 0 Å². The zero-order valence-electron chi connectivity index (χ0n) is 17.1. The van der Waals surface area contributed by atoms with Gasteiger partial charge in [-0.05, 0) is 37.8 Å². The van der Waals surface area contributed by atoms with Gasteiger partial charge in [0.25, 0.3) is 0 Å². The number of unbranched alkanes of at least 4 members (excludes halogenated alkanes) is 7. The summed E-state index contributed by atoms with van der Waals surface area (Å²) in [6.45, 7) is 5.90. The summed E-state index contributed by atoms with van der Waals surface area (Å²) in [6.07, 6.45) is 10.8. The highest BCUT2D eigenvalue weighted by Gasteiger charge is 2.11. The average Bonchev–Trinajstić information content (AvgIpc) is 2.69. The molecule has 0 bridgehead atoms. The van der Waals surface area contributed by atoms with Crippen LogP contribution in [0.25, 0.3) is 10.8 Å². The molecule has 0 amide bonds. The predicted octanol–water partition coefficient (Wildman–Crippen LogP) is 7.68. The Labute approximate surface area is 170 Å². The lowest BCUT2D eigenvalue weighted by Gasteiger charge is -2.16. The fourth-order valence-electron chi connectivity index (χ4n) is 3.37. The molecule has 27 heavy (non-hydrogen) atoms. The van der Waals surface area contributed by atoms with E-state index in [9.17, 15) is 0 Å². The lowest BCUT2D eigenvalue weighted by molar-refractivity contribution is 0.300. The number of aryl methyl sites for hydroxylation is 1. The Kier molecular flexibility index (Phi) is 10.4. The van der Waals surface area contributed by atoms with Crippen molar-refractivity contribution in [1.82, 2.24) is 0 Å². The number of hydrogen-bond acceptors (Lipinski definition) is 2. The topological polar surface area (TPSA) is 18.5 Å². The monoisotopic (exact) mass is 390 g/mol. The van der Waals surface area contributed by atoms with Crippen molar-refractivity contribution in [2.45, 2.75) is 71.6 Å². The SMILES string of the molecule is CCCCCCCOc1c(C)cc(OCCCCCCCl)c2ccccc12. The van der Waals surface area contributed by atoms with Gasteiger partial charge in [-0.3, -0.25) is 0 Å². The Bertz CT molecular complexity index is 669. The first-order valence-corrected chi connectivity index (χ1v) is 11.1. The van der Waals surface area contributed by atoms with Crippen LogP contribution in [0.4, 0.5) is 0 Å². The first-order valence-electron chi connectivity index (χ1n) is 10.6. The van der Waals surface area contributed by atoms with Crippen LogP contribution in [0.3, 0.4) is 0 Å². The first-order chi connectivity index (χ1) is 13.3. The summed E-state index contributed by atoms with van der Waals surface area (Å²) in [4.78, 5) is 0. The second kappa shape index (κ2) is 12.9. The molecule has 0 spiro atoms. The van der Waals surface area contributed by atoms with E-state index in [4.69, 9.17) is 21.1 Å². The molecule has 150 valence electrons. The summed E-state index contributed by atoms with van der Waals surface area (Å²) in [5, 5.41) is 2.30. The smallest absolute Gasteiger partial charge is 0.130 e. The van der Waals surface area contributed by atoms with Gasteiger partial charge in [0.1, 0.15) is 11.5 Å². The fourth-order valence-corrected chi connectivity index (χ4v) is 3.56. The third-order valence-corrected chi connectivity index (χ3v) is 5.19. The van der Waals surface area contributed by atoms with Gasteiger partial charge in [-0.15, -0.1) is 11.6 Å². The predicted molar refractivity (Wildman–Crippen MR) is 118 cm³/mol. The molecular formula is C24H35ClO2. The van der Waals surface area contributed by atoms with E-state index in [2.05, 4.69) is 44.2 Å². The lowest BCUT2D eigenvalue weighted by atomic mass is 10.0. The molecule has 0 fully saturated rings. The molecule has 2 aromatic carbocycles. The van der Waals surface area contributed by atoms with Crippen LogP contribution in [0.1, 0.15) is 70.3 Å². The standard InChI is InChI=1S/C24H35ClO2/c1-3-4-5-7-13-18-27-24-20(2)19-23(21-14-9-10-15-22(21)24)26-17-12-8-6-11-16-25/h9-10,14-15,19H,3-8,11-13,16-18H2,1-2H3. The first kappa shape index (κ1) is 21.9. The van der Waals surface area contributed by atoms with Gasteiger partial charge >= 0.3 is 0 Å². The van der Waals surface area contributed by atoms with Crippen molar-refractivity contribution in [1.29, 1.82) is 0 Å². The maximum absolute atomic E-state index is 6.19. The molecule has 0 radical (unpaired) electrons. The molecule has 0 atom stereocenters. The van der Waals surface area contributed by atoms with Crippen molar-refractivity contribution < 1.29 is 9.47 Å². The zero-order valence-corrected chi connectivity index (χ0v) is 17.8. The highest BCUT2D eigenvalue weighted by atomic mass is 35.5. The minimum absolute atomic E-state index is 0.753. The van der Waals surface area contributed by atoms with Gasteiger partial charge in [-0.25, -0.2) is 0 Å². The minimum atomic E-state index is 0.753. The highest BCUT2D eigenvalue weighted by Crippen LogP contribution is 2.36. The summed E-state index contributed by atoms with van der Waals surface area (Å²) in [6, 6.07) is 10.5. The zero-order chi connectivity index (χ0) is 19.3. The molecule has 0 aliphatic heterocycles. The van der Waals surface area contributed by atoms with Crippen LogP contribution >= 0.6 is 11.6 Å². The number of hydrogen-bond donors (Lipinski definition) is 0. The van der Waals surface area contributed by atoms with Crippen molar-refractivity contribution in [2.24, 2.45) is 0 Å². The van der Waals surface area contributed by atoms with Crippen molar-refractivity contribution in [3.8, 4) is 11.5 Å². The number of halogens is 1. The van der Waals surface area contributed by atoms with E-state index in [1.165, 1.54) is 38.5 Å². The van der Waals surface area contributed by atoms with Gasteiger partial charge in [0.2, 0.25) is 0 Å². The molecule has 0 saturated carbocycles. The number of fused-ring (bicyclic) bond motifs is 1. The Morgan fingerprint density at radius 3 is 2.11 bits per heavy atom. The molecule has 0 saturated heterocycles. The molecule has 0 unspecified atom stereocenters. The van der Waals surface area contributed by atoms with Crippen molar-refractivity contribution in [2.75, 3.05) is 19.1 Å². The second-order valence-electron chi connectivity index (χ2n) is 7.28. The van der Waals surface area contributed by atoms with E-state index in [1.807, 2.05) is 0 Å². The van der Waals surface area contributed by atoms with Crippen LogP contribution in [-0.2, 0) is 0 Å². The summed E-state index contributed by atoms with van der Waals surface area (Å²) in [5.74, 6) is 2.73. The van der Waals surface area contributed by atoms with Crippen LogP contribution in [0.15, 0.2) is 30.3 Å². The van der Waals surface area contributed by atoms with E-state index in [0.717, 1.165) is 66.2 Å². The van der Waals surface area contributed by atoms with Crippen LogP contribution in [0.2, 0.25) is 0 Å². The van der Waals surface area contributed by atoms with Gasteiger partial charge in [0.15, 0.2) is 0 Å². The minimum Gasteiger partial charge on any atom is -0.493 e. The number of ether oxygens (including phenoxy) is 2. The molecule has 2 nitrogen and oxygen atoms in total. The number of alkyl halides is 1. The molecule has 0 heterocycles. The van der Waals surface area contributed by atoms with Crippen LogP contribution in [0.5, 0.6) is 11.5 Å².